The van der Waals surface area contributed by atoms with Crippen molar-refractivity contribution in [2.75, 3.05) is 0 Å². The Hall–Kier alpha value is -1.23. The molecule has 1 aromatic carbocycles. The van der Waals surface area contributed by atoms with Gasteiger partial charge in [0, 0.05) is 17.3 Å². The minimum absolute atomic E-state index is 0.130. The highest BCUT2D eigenvalue weighted by atomic mass is 35.5. The van der Waals surface area contributed by atoms with E-state index in [1.807, 2.05) is 0 Å². The van der Waals surface area contributed by atoms with E-state index in [4.69, 9.17) is 11.8 Å². The van der Waals surface area contributed by atoms with Crippen molar-refractivity contribution < 1.29 is 18.0 Å². The predicted octanol–water partition coefficient (Wildman–Crippen LogP) is 2.59. The van der Waals surface area contributed by atoms with E-state index in [2.05, 4.69) is 0 Å². The average Bonchev–Trinajstić information content (AvgIpc) is 2.15. The summed E-state index contributed by atoms with van der Waals surface area (Å²) < 4.78 is 36.5. The van der Waals surface area contributed by atoms with E-state index in [9.17, 15) is 18.0 Å². The van der Waals surface area contributed by atoms with Crippen LogP contribution in [-0.4, -0.2) is 5.91 Å². The smallest absolute Gasteiger partial charge is 0.268 e. The standard InChI is InChI=1S/C8H5ClF3NO/c9-13-7(14)5-2-1-3-6(4-5)8(10,11)12/h1-4H,(H,13,14). The molecule has 0 saturated carbocycles. The lowest BCUT2D eigenvalue weighted by molar-refractivity contribution is -0.137. The Kier molecular flexibility index (Phi) is 3.00. The highest BCUT2D eigenvalue weighted by Crippen LogP contribution is 2.29. The number of amides is 1. The van der Waals surface area contributed by atoms with Crippen LogP contribution in [0.5, 0.6) is 0 Å². The van der Waals surface area contributed by atoms with Crippen molar-refractivity contribution in [1.82, 2.24) is 4.84 Å². The second-order valence-electron chi connectivity index (χ2n) is 2.50. The van der Waals surface area contributed by atoms with E-state index in [1.165, 1.54) is 6.07 Å². The molecule has 1 aromatic rings. The first-order valence-corrected chi connectivity index (χ1v) is 3.91. The van der Waals surface area contributed by atoms with Crippen LogP contribution < -0.4 is 4.84 Å². The fourth-order valence-corrected chi connectivity index (χ4v) is 1.00. The molecule has 0 unspecified atom stereocenters. The van der Waals surface area contributed by atoms with Crippen molar-refractivity contribution in [2.24, 2.45) is 0 Å². The monoisotopic (exact) mass is 223 g/mol. The van der Waals surface area contributed by atoms with Crippen molar-refractivity contribution >= 4 is 17.7 Å². The van der Waals surface area contributed by atoms with Gasteiger partial charge in [-0.05, 0) is 18.2 Å². The van der Waals surface area contributed by atoms with Gasteiger partial charge in [0.15, 0.2) is 0 Å². The molecule has 0 aliphatic heterocycles. The number of nitrogens with one attached hydrogen (secondary N) is 1. The van der Waals surface area contributed by atoms with Gasteiger partial charge in [-0.15, -0.1) is 0 Å². The van der Waals surface area contributed by atoms with Crippen molar-refractivity contribution in [2.45, 2.75) is 6.18 Å². The fourth-order valence-electron chi connectivity index (χ4n) is 0.891. The molecular weight excluding hydrogens is 219 g/mol. The molecule has 2 nitrogen and oxygen atoms in total. The van der Waals surface area contributed by atoms with Crippen LogP contribution in [0.1, 0.15) is 15.9 Å². The van der Waals surface area contributed by atoms with Crippen LogP contribution in [0.25, 0.3) is 0 Å². The lowest BCUT2D eigenvalue weighted by atomic mass is 10.1. The van der Waals surface area contributed by atoms with Gasteiger partial charge in [0.2, 0.25) is 0 Å². The maximum absolute atomic E-state index is 12.2. The van der Waals surface area contributed by atoms with Crippen LogP contribution in [0.2, 0.25) is 0 Å². The van der Waals surface area contributed by atoms with Gasteiger partial charge < -0.3 is 0 Å². The van der Waals surface area contributed by atoms with Crippen molar-refractivity contribution in [3.8, 4) is 0 Å². The molecule has 0 fully saturated rings. The Labute approximate surface area is 82.8 Å². The SMILES string of the molecule is O=C(NCl)c1cccc(C(F)(F)F)c1. The third kappa shape index (κ3) is 2.38. The molecule has 1 rings (SSSR count). The summed E-state index contributed by atoms with van der Waals surface area (Å²) in [6, 6.07) is 4.00. The van der Waals surface area contributed by atoms with Gasteiger partial charge in [-0.25, -0.2) is 0 Å². The molecule has 0 saturated heterocycles. The Morgan fingerprint density at radius 3 is 2.50 bits per heavy atom. The zero-order chi connectivity index (χ0) is 10.8. The Bertz CT molecular complexity index is 351. The summed E-state index contributed by atoms with van der Waals surface area (Å²) in [6.07, 6.45) is -4.46. The number of benzene rings is 1. The molecule has 14 heavy (non-hydrogen) atoms. The summed E-state index contributed by atoms with van der Waals surface area (Å²) in [5.41, 5.74) is -1.01. The van der Waals surface area contributed by atoms with Crippen LogP contribution in [0.4, 0.5) is 13.2 Å². The molecule has 0 radical (unpaired) electrons. The van der Waals surface area contributed by atoms with Crippen LogP contribution in [0, 0.1) is 0 Å². The first-order chi connectivity index (χ1) is 6.45. The van der Waals surface area contributed by atoms with Crippen molar-refractivity contribution in [3.05, 3.63) is 35.4 Å². The number of hydrogen-bond donors (Lipinski definition) is 1. The van der Waals surface area contributed by atoms with Gasteiger partial charge in [-0.2, -0.15) is 13.2 Å². The quantitative estimate of drug-likeness (QED) is 0.729. The van der Waals surface area contributed by atoms with Crippen molar-refractivity contribution in [1.29, 1.82) is 0 Å². The highest BCUT2D eigenvalue weighted by Gasteiger charge is 2.30. The van der Waals surface area contributed by atoms with Gasteiger partial charge in [-0.3, -0.25) is 9.63 Å². The maximum atomic E-state index is 12.2. The topological polar surface area (TPSA) is 29.1 Å². The van der Waals surface area contributed by atoms with Gasteiger partial charge >= 0.3 is 6.18 Å². The number of carbonyl (C=O) groups excluding carboxylic acids is 1. The molecule has 1 N–H and O–H groups in total. The first kappa shape index (κ1) is 10.8. The fraction of sp³-hybridized carbons (Fsp3) is 0.125. The molecule has 0 aliphatic carbocycles. The van der Waals surface area contributed by atoms with E-state index < -0.39 is 17.6 Å². The highest BCUT2D eigenvalue weighted by molar-refractivity contribution is 6.24. The third-order valence-electron chi connectivity index (χ3n) is 1.54. The summed E-state index contributed by atoms with van der Waals surface area (Å²) in [6.45, 7) is 0. The van der Waals surface area contributed by atoms with Gasteiger partial charge in [0.1, 0.15) is 0 Å². The maximum Gasteiger partial charge on any atom is 0.416 e. The number of halogens is 4. The Morgan fingerprint density at radius 2 is 2.00 bits per heavy atom. The minimum Gasteiger partial charge on any atom is -0.268 e. The summed E-state index contributed by atoms with van der Waals surface area (Å²) in [5.74, 6) is -0.766. The average molecular weight is 224 g/mol. The molecule has 0 aromatic heterocycles. The van der Waals surface area contributed by atoms with E-state index in [1.54, 1.807) is 4.84 Å². The summed E-state index contributed by atoms with van der Waals surface area (Å²) >= 11 is 4.97. The van der Waals surface area contributed by atoms with Crippen molar-refractivity contribution in [3.63, 3.8) is 0 Å². The van der Waals surface area contributed by atoms with E-state index in [0.717, 1.165) is 18.2 Å². The summed E-state index contributed by atoms with van der Waals surface area (Å²) in [4.78, 5) is 12.6. The molecule has 0 heterocycles. The zero-order valence-corrected chi connectivity index (χ0v) is 7.49. The number of hydrogen-bond acceptors (Lipinski definition) is 1. The summed E-state index contributed by atoms with van der Waals surface area (Å²) in [7, 11) is 0. The van der Waals surface area contributed by atoms with Gasteiger partial charge in [0.25, 0.3) is 5.91 Å². The lowest BCUT2D eigenvalue weighted by Gasteiger charge is -2.07. The predicted molar refractivity (Wildman–Crippen MR) is 44.8 cm³/mol. The van der Waals surface area contributed by atoms with E-state index in [-0.39, 0.29) is 5.56 Å². The molecule has 6 heteroatoms. The molecule has 0 bridgehead atoms. The molecule has 0 spiro atoms. The third-order valence-corrected chi connectivity index (χ3v) is 1.71. The number of rotatable bonds is 1. The normalized spacial score (nSPS) is 11.1. The first-order valence-electron chi connectivity index (χ1n) is 3.53. The van der Waals surface area contributed by atoms with Crippen LogP contribution in [-0.2, 0) is 6.18 Å². The molecule has 1 amide bonds. The van der Waals surface area contributed by atoms with Crippen LogP contribution in [0.3, 0.4) is 0 Å². The second kappa shape index (κ2) is 3.88. The van der Waals surface area contributed by atoms with Gasteiger partial charge in [0.05, 0.1) is 5.56 Å². The number of alkyl halides is 3. The molecular formula is C8H5ClF3NO. The number of carbonyl (C=O) groups is 1. The Morgan fingerprint density at radius 1 is 1.36 bits per heavy atom. The second-order valence-corrected chi connectivity index (χ2v) is 2.69. The summed E-state index contributed by atoms with van der Waals surface area (Å²) in [5, 5.41) is 0. The van der Waals surface area contributed by atoms with Crippen LogP contribution in [0.15, 0.2) is 24.3 Å². The largest absolute Gasteiger partial charge is 0.416 e. The minimum atomic E-state index is -4.46. The Balaban J connectivity index is 3.08. The van der Waals surface area contributed by atoms with Gasteiger partial charge in [-0.1, -0.05) is 6.07 Å². The van der Waals surface area contributed by atoms with E-state index in [0.29, 0.717) is 0 Å². The lowest BCUT2D eigenvalue weighted by Crippen LogP contribution is -2.14. The van der Waals surface area contributed by atoms with Crippen LogP contribution >= 0.6 is 11.8 Å². The molecule has 0 aliphatic rings. The zero-order valence-electron chi connectivity index (χ0n) is 6.73. The molecule has 76 valence electrons. The molecule has 0 atom stereocenters. The van der Waals surface area contributed by atoms with E-state index >= 15 is 0 Å².